The maximum Gasteiger partial charge on any atom is 0.126 e. The van der Waals surface area contributed by atoms with Crippen molar-refractivity contribution in [3.63, 3.8) is 0 Å². The summed E-state index contributed by atoms with van der Waals surface area (Å²) in [5.41, 5.74) is 7.21. The zero-order chi connectivity index (χ0) is 11.1. The number of rotatable bonds is 6. The van der Waals surface area contributed by atoms with Crippen molar-refractivity contribution in [3.05, 3.63) is 30.5 Å². The molecule has 3 N–H and O–H groups in total. The monoisotopic (exact) mass is 207 g/mol. The van der Waals surface area contributed by atoms with Crippen molar-refractivity contribution in [2.75, 3.05) is 30.8 Å². The van der Waals surface area contributed by atoms with E-state index in [9.17, 15) is 0 Å². The molecule has 1 aromatic heterocycles. The average Bonchev–Trinajstić information content (AvgIpc) is 2.20. The molecule has 0 saturated heterocycles. The van der Waals surface area contributed by atoms with E-state index < -0.39 is 0 Å². The maximum absolute atomic E-state index is 5.51. The highest BCUT2D eigenvalue weighted by Gasteiger charge is 1.93. The predicted octanol–water partition coefficient (Wildman–Crippen LogP) is 1.67. The molecule has 0 fully saturated rings. The van der Waals surface area contributed by atoms with Crippen LogP contribution in [0.1, 0.15) is 6.92 Å². The lowest BCUT2D eigenvalue weighted by atomic mass is 10.4. The Morgan fingerprint density at radius 3 is 3.00 bits per heavy atom. The van der Waals surface area contributed by atoms with E-state index >= 15 is 0 Å². The van der Waals surface area contributed by atoms with Gasteiger partial charge in [-0.05, 0) is 19.1 Å². The van der Waals surface area contributed by atoms with E-state index in [0.29, 0.717) is 18.9 Å². The quantitative estimate of drug-likeness (QED) is 0.550. The molecule has 0 spiro atoms. The Bertz CT molecular complexity index is 308. The molecular formula is C11H17N3O. The molecule has 1 aromatic rings. The number of nitrogens with zero attached hydrogens (tertiary/aromatic N) is 1. The number of hydrogen-bond donors (Lipinski definition) is 2. The maximum atomic E-state index is 5.51. The summed E-state index contributed by atoms with van der Waals surface area (Å²) in [5.74, 6) is 0.808. The number of ether oxygens (including phenoxy) is 1. The van der Waals surface area contributed by atoms with Crippen LogP contribution >= 0.6 is 0 Å². The molecule has 82 valence electrons. The molecular weight excluding hydrogens is 190 g/mol. The van der Waals surface area contributed by atoms with Crippen molar-refractivity contribution in [3.8, 4) is 0 Å². The summed E-state index contributed by atoms with van der Waals surface area (Å²) < 4.78 is 5.33. The van der Waals surface area contributed by atoms with Gasteiger partial charge in [0, 0.05) is 6.54 Å². The van der Waals surface area contributed by atoms with E-state index in [1.807, 2.05) is 19.1 Å². The molecule has 15 heavy (non-hydrogen) atoms. The largest absolute Gasteiger partial charge is 0.397 e. The Balaban J connectivity index is 2.15. The minimum Gasteiger partial charge on any atom is -0.397 e. The number of aromatic nitrogens is 1. The van der Waals surface area contributed by atoms with Crippen LogP contribution in [0.25, 0.3) is 0 Å². The molecule has 0 atom stereocenters. The van der Waals surface area contributed by atoms with Gasteiger partial charge in [0.05, 0.1) is 25.1 Å². The fourth-order valence-corrected chi connectivity index (χ4v) is 1.01. The van der Waals surface area contributed by atoms with Crippen LogP contribution in [0, 0.1) is 0 Å². The van der Waals surface area contributed by atoms with E-state index in [1.165, 1.54) is 0 Å². The lowest BCUT2D eigenvalue weighted by Gasteiger charge is -2.06. The number of nitrogens with two attached hydrogens (primary N) is 1. The molecule has 0 aromatic carbocycles. The summed E-state index contributed by atoms with van der Waals surface area (Å²) in [6, 6.07) is 3.65. The van der Waals surface area contributed by atoms with E-state index in [1.54, 1.807) is 6.20 Å². The molecule has 0 aliphatic carbocycles. The second-order valence-electron chi connectivity index (χ2n) is 3.41. The summed E-state index contributed by atoms with van der Waals surface area (Å²) >= 11 is 0. The average molecular weight is 207 g/mol. The lowest BCUT2D eigenvalue weighted by molar-refractivity contribution is 0.167. The van der Waals surface area contributed by atoms with Gasteiger partial charge >= 0.3 is 0 Å². The molecule has 4 nitrogen and oxygen atoms in total. The molecule has 4 heteroatoms. The van der Waals surface area contributed by atoms with Crippen LogP contribution in [-0.2, 0) is 4.74 Å². The van der Waals surface area contributed by atoms with Gasteiger partial charge in [0.25, 0.3) is 0 Å². The number of pyridine rings is 1. The summed E-state index contributed by atoms with van der Waals surface area (Å²) in [6.07, 6.45) is 1.62. The van der Waals surface area contributed by atoms with E-state index in [0.717, 1.165) is 17.9 Å². The van der Waals surface area contributed by atoms with Crippen LogP contribution in [0.5, 0.6) is 0 Å². The highest BCUT2D eigenvalue weighted by Crippen LogP contribution is 2.04. The number of nitrogens with one attached hydrogen (secondary N) is 1. The molecule has 0 amide bonds. The minimum atomic E-state index is 0.608. The normalized spacial score (nSPS) is 9.93. The van der Waals surface area contributed by atoms with E-state index in [4.69, 9.17) is 10.5 Å². The van der Waals surface area contributed by atoms with Gasteiger partial charge < -0.3 is 15.8 Å². The van der Waals surface area contributed by atoms with Gasteiger partial charge in [0.1, 0.15) is 5.82 Å². The van der Waals surface area contributed by atoms with Gasteiger partial charge in [0.15, 0.2) is 0 Å². The van der Waals surface area contributed by atoms with Crippen LogP contribution in [0.3, 0.4) is 0 Å². The Hall–Kier alpha value is -1.55. The highest BCUT2D eigenvalue weighted by molar-refractivity contribution is 5.43. The Kier molecular flexibility index (Phi) is 4.63. The van der Waals surface area contributed by atoms with Gasteiger partial charge in [-0.3, -0.25) is 0 Å². The van der Waals surface area contributed by atoms with E-state index in [-0.39, 0.29) is 0 Å². The van der Waals surface area contributed by atoms with Gasteiger partial charge in [-0.2, -0.15) is 0 Å². The molecule has 1 rings (SSSR count). The smallest absolute Gasteiger partial charge is 0.126 e. The number of hydrogen-bond acceptors (Lipinski definition) is 4. The lowest BCUT2D eigenvalue weighted by Crippen LogP contribution is -2.11. The van der Waals surface area contributed by atoms with Crippen LogP contribution in [-0.4, -0.2) is 24.7 Å². The summed E-state index contributed by atoms with van der Waals surface area (Å²) in [4.78, 5) is 4.10. The topological polar surface area (TPSA) is 60.2 Å². The second-order valence-corrected chi connectivity index (χ2v) is 3.41. The standard InChI is InChI=1S/C11H17N3O/c1-9(2)8-15-6-5-13-11-4-3-10(12)7-14-11/h3-4,7H,1,5-6,8,12H2,2H3,(H,13,14). The van der Waals surface area contributed by atoms with Crippen molar-refractivity contribution < 1.29 is 4.74 Å². The predicted molar refractivity (Wildman–Crippen MR) is 62.8 cm³/mol. The zero-order valence-corrected chi connectivity index (χ0v) is 8.99. The summed E-state index contributed by atoms with van der Waals surface area (Å²) in [5, 5.41) is 3.12. The Morgan fingerprint density at radius 1 is 1.60 bits per heavy atom. The molecule has 0 aliphatic rings. The summed E-state index contributed by atoms with van der Waals surface area (Å²) in [7, 11) is 0. The molecule has 0 saturated carbocycles. The van der Waals surface area contributed by atoms with Crippen LogP contribution in [0.4, 0.5) is 11.5 Å². The van der Waals surface area contributed by atoms with Crippen molar-refractivity contribution >= 4 is 11.5 Å². The Labute approximate surface area is 90.2 Å². The van der Waals surface area contributed by atoms with E-state index in [2.05, 4.69) is 16.9 Å². The van der Waals surface area contributed by atoms with Crippen molar-refractivity contribution in [1.29, 1.82) is 0 Å². The fraction of sp³-hybridized carbons (Fsp3) is 0.364. The molecule has 0 bridgehead atoms. The Morgan fingerprint density at radius 2 is 2.40 bits per heavy atom. The van der Waals surface area contributed by atoms with Gasteiger partial charge in [-0.15, -0.1) is 0 Å². The molecule has 0 aliphatic heterocycles. The van der Waals surface area contributed by atoms with Gasteiger partial charge in [-0.1, -0.05) is 12.2 Å². The first-order valence-electron chi connectivity index (χ1n) is 4.86. The first kappa shape index (κ1) is 11.5. The van der Waals surface area contributed by atoms with Crippen LogP contribution in [0.15, 0.2) is 30.5 Å². The van der Waals surface area contributed by atoms with Crippen LogP contribution < -0.4 is 11.1 Å². The van der Waals surface area contributed by atoms with Crippen molar-refractivity contribution in [2.45, 2.75) is 6.92 Å². The second kappa shape index (κ2) is 6.03. The van der Waals surface area contributed by atoms with Gasteiger partial charge in [-0.25, -0.2) is 4.98 Å². The van der Waals surface area contributed by atoms with Crippen molar-refractivity contribution in [1.82, 2.24) is 4.98 Å². The number of nitrogen functional groups attached to an aromatic ring is 1. The first-order valence-corrected chi connectivity index (χ1v) is 4.86. The highest BCUT2D eigenvalue weighted by atomic mass is 16.5. The van der Waals surface area contributed by atoms with Gasteiger partial charge in [0.2, 0.25) is 0 Å². The first-order chi connectivity index (χ1) is 7.18. The molecule has 0 radical (unpaired) electrons. The third-order valence-corrected chi connectivity index (χ3v) is 1.69. The summed E-state index contributed by atoms with van der Waals surface area (Å²) in [6.45, 7) is 7.66. The zero-order valence-electron chi connectivity index (χ0n) is 8.99. The molecule has 0 unspecified atom stereocenters. The third kappa shape index (κ3) is 5.02. The van der Waals surface area contributed by atoms with Crippen molar-refractivity contribution in [2.24, 2.45) is 0 Å². The minimum absolute atomic E-state index is 0.608. The fourth-order valence-electron chi connectivity index (χ4n) is 1.01. The number of anilines is 2. The molecule has 1 heterocycles. The van der Waals surface area contributed by atoms with Crippen LogP contribution in [0.2, 0.25) is 0 Å². The SMILES string of the molecule is C=C(C)COCCNc1ccc(N)cn1. The third-order valence-electron chi connectivity index (χ3n) is 1.69.